The van der Waals surface area contributed by atoms with Crippen LogP contribution in [0, 0.1) is 0 Å². The third-order valence-electron chi connectivity index (χ3n) is 2.70. The first-order valence-electron chi connectivity index (χ1n) is 6.33. The molecule has 0 saturated carbocycles. The molecule has 106 valence electrons. The van der Waals surface area contributed by atoms with Crippen molar-refractivity contribution in [3.05, 3.63) is 47.2 Å². The number of nitrogens with one attached hydrogen (secondary N) is 1. The van der Waals surface area contributed by atoms with Crippen LogP contribution in [0.25, 0.3) is 0 Å². The highest BCUT2D eigenvalue weighted by Gasteiger charge is 2.09. The molecule has 0 unspecified atom stereocenters. The van der Waals surface area contributed by atoms with Crippen LogP contribution in [-0.4, -0.2) is 28.7 Å². The third-order valence-corrected chi connectivity index (χ3v) is 3.07. The molecule has 0 bridgehead atoms. The first-order valence-corrected chi connectivity index (χ1v) is 6.70. The minimum absolute atomic E-state index is 0.0233. The van der Waals surface area contributed by atoms with Crippen LogP contribution in [0.4, 0.5) is 5.95 Å². The van der Waals surface area contributed by atoms with E-state index in [1.165, 1.54) is 0 Å². The van der Waals surface area contributed by atoms with E-state index in [-0.39, 0.29) is 12.5 Å². The number of nitrogens with zero attached hydrogens (tertiary/aromatic N) is 2. The Morgan fingerprint density at radius 2 is 2.25 bits per heavy atom. The predicted molar refractivity (Wildman–Crippen MR) is 77.9 cm³/mol. The van der Waals surface area contributed by atoms with Crippen molar-refractivity contribution in [1.82, 2.24) is 9.55 Å². The lowest BCUT2D eigenvalue weighted by Gasteiger charge is -2.10. The normalized spacial score (nSPS) is 10.5. The number of halogens is 1. The van der Waals surface area contributed by atoms with E-state index in [0.717, 1.165) is 5.56 Å². The van der Waals surface area contributed by atoms with E-state index in [1.807, 2.05) is 35.8 Å². The number of benzene rings is 1. The van der Waals surface area contributed by atoms with Gasteiger partial charge in [0, 0.05) is 24.0 Å². The average Bonchev–Trinajstić information content (AvgIpc) is 2.86. The van der Waals surface area contributed by atoms with Crippen molar-refractivity contribution in [1.29, 1.82) is 0 Å². The number of ether oxygens (including phenoxy) is 1. The molecule has 0 fully saturated rings. The number of amides is 1. The van der Waals surface area contributed by atoms with E-state index in [0.29, 0.717) is 24.1 Å². The number of anilines is 1. The van der Waals surface area contributed by atoms with E-state index in [2.05, 4.69) is 10.3 Å². The van der Waals surface area contributed by atoms with E-state index >= 15 is 0 Å². The molecule has 1 aromatic carbocycles. The quantitative estimate of drug-likeness (QED) is 0.890. The Kier molecular flexibility index (Phi) is 5.15. The summed E-state index contributed by atoms with van der Waals surface area (Å²) in [7, 11) is 0. The van der Waals surface area contributed by atoms with E-state index in [4.69, 9.17) is 16.3 Å². The molecule has 2 aromatic rings. The third kappa shape index (κ3) is 3.82. The predicted octanol–water partition coefficient (Wildman–Crippen LogP) is 2.56. The van der Waals surface area contributed by atoms with Gasteiger partial charge in [-0.25, -0.2) is 4.98 Å². The molecule has 0 aliphatic rings. The second-order valence-corrected chi connectivity index (χ2v) is 4.56. The molecule has 1 aromatic heterocycles. The molecule has 2 rings (SSSR count). The number of hydrogen-bond donors (Lipinski definition) is 1. The topological polar surface area (TPSA) is 56.1 Å². The summed E-state index contributed by atoms with van der Waals surface area (Å²) in [6.45, 7) is 2.91. The summed E-state index contributed by atoms with van der Waals surface area (Å²) in [6, 6.07) is 7.57. The molecule has 0 spiro atoms. The van der Waals surface area contributed by atoms with Gasteiger partial charge in [0.15, 0.2) is 0 Å². The molecular weight excluding hydrogens is 278 g/mol. The van der Waals surface area contributed by atoms with Gasteiger partial charge in [0.2, 0.25) is 5.95 Å². The van der Waals surface area contributed by atoms with Crippen molar-refractivity contribution in [3.63, 3.8) is 0 Å². The Balaban J connectivity index is 2.05. The Morgan fingerprint density at radius 1 is 1.45 bits per heavy atom. The number of carbonyl (C=O) groups is 1. The number of aromatic nitrogens is 2. The smallest absolute Gasteiger partial charge is 0.252 e. The van der Waals surface area contributed by atoms with Gasteiger partial charge in [0.25, 0.3) is 5.91 Å². The van der Waals surface area contributed by atoms with Crippen molar-refractivity contribution >= 4 is 23.5 Å². The van der Waals surface area contributed by atoms with E-state index in [9.17, 15) is 4.79 Å². The second kappa shape index (κ2) is 7.07. The van der Waals surface area contributed by atoms with E-state index < -0.39 is 0 Å². The van der Waals surface area contributed by atoms with Gasteiger partial charge >= 0.3 is 0 Å². The highest BCUT2D eigenvalue weighted by molar-refractivity contribution is 6.31. The fourth-order valence-corrected chi connectivity index (χ4v) is 1.92. The van der Waals surface area contributed by atoms with Gasteiger partial charge in [0.05, 0.1) is 6.54 Å². The van der Waals surface area contributed by atoms with Gasteiger partial charge in [-0.1, -0.05) is 29.8 Å². The lowest BCUT2D eigenvalue weighted by Crippen LogP contribution is -2.21. The number of carbonyl (C=O) groups excluding carboxylic acids is 1. The molecule has 20 heavy (non-hydrogen) atoms. The fraction of sp³-hybridized carbons (Fsp3) is 0.286. The van der Waals surface area contributed by atoms with Gasteiger partial charge in [-0.2, -0.15) is 0 Å². The van der Waals surface area contributed by atoms with Crippen LogP contribution in [0.1, 0.15) is 12.5 Å². The number of hydrogen-bond acceptors (Lipinski definition) is 3. The fourth-order valence-electron chi connectivity index (χ4n) is 1.73. The molecule has 0 atom stereocenters. The number of imidazole rings is 1. The van der Waals surface area contributed by atoms with Crippen LogP contribution in [-0.2, 0) is 16.1 Å². The van der Waals surface area contributed by atoms with Gasteiger partial charge in [0.1, 0.15) is 6.61 Å². The van der Waals surface area contributed by atoms with Crippen LogP contribution in [0.5, 0.6) is 0 Å². The van der Waals surface area contributed by atoms with Crippen LogP contribution >= 0.6 is 11.6 Å². The number of rotatable bonds is 6. The molecule has 1 heterocycles. The molecule has 0 aliphatic carbocycles. The molecule has 1 N–H and O–H groups in total. The monoisotopic (exact) mass is 293 g/mol. The summed E-state index contributed by atoms with van der Waals surface area (Å²) >= 11 is 6.13. The van der Waals surface area contributed by atoms with Crippen LogP contribution in [0.15, 0.2) is 36.7 Å². The SMILES string of the molecule is CCOCC(=O)Nc1nccn1Cc1ccccc1Cl. The summed E-state index contributed by atoms with van der Waals surface area (Å²) in [5, 5.41) is 3.40. The summed E-state index contributed by atoms with van der Waals surface area (Å²) in [4.78, 5) is 15.7. The lowest BCUT2D eigenvalue weighted by atomic mass is 10.2. The molecule has 0 saturated heterocycles. The average molecular weight is 294 g/mol. The van der Waals surface area contributed by atoms with E-state index in [1.54, 1.807) is 12.4 Å². The van der Waals surface area contributed by atoms with Crippen molar-refractivity contribution in [3.8, 4) is 0 Å². The standard InChI is InChI=1S/C14H16ClN3O2/c1-2-20-10-13(19)17-14-16-7-8-18(14)9-11-5-3-4-6-12(11)15/h3-8H,2,9-10H2,1H3,(H,16,17,19). The minimum Gasteiger partial charge on any atom is -0.372 e. The molecule has 5 nitrogen and oxygen atoms in total. The van der Waals surface area contributed by atoms with Crippen molar-refractivity contribution in [2.45, 2.75) is 13.5 Å². The Hall–Kier alpha value is -1.85. The zero-order valence-electron chi connectivity index (χ0n) is 11.2. The Morgan fingerprint density at radius 3 is 3.00 bits per heavy atom. The van der Waals surface area contributed by atoms with Crippen LogP contribution in [0.3, 0.4) is 0 Å². The highest BCUT2D eigenvalue weighted by atomic mass is 35.5. The first kappa shape index (κ1) is 14.6. The van der Waals surface area contributed by atoms with Crippen LogP contribution < -0.4 is 5.32 Å². The highest BCUT2D eigenvalue weighted by Crippen LogP contribution is 2.17. The van der Waals surface area contributed by atoms with Crippen molar-refractivity contribution in [2.75, 3.05) is 18.5 Å². The van der Waals surface area contributed by atoms with Crippen molar-refractivity contribution in [2.24, 2.45) is 0 Å². The van der Waals surface area contributed by atoms with Gasteiger partial charge in [-0.15, -0.1) is 0 Å². The zero-order chi connectivity index (χ0) is 14.4. The summed E-state index contributed by atoms with van der Waals surface area (Å²) in [5.74, 6) is 0.257. The summed E-state index contributed by atoms with van der Waals surface area (Å²) in [5.41, 5.74) is 0.965. The maximum atomic E-state index is 11.6. The Labute approximate surface area is 122 Å². The molecular formula is C14H16ClN3O2. The van der Waals surface area contributed by atoms with Gasteiger partial charge < -0.3 is 9.30 Å². The summed E-state index contributed by atoms with van der Waals surface area (Å²) in [6.07, 6.45) is 3.42. The lowest BCUT2D eigenvalue weighted by molar-refractivity contribution is -0.120. The van der Waals surface area contributed by atoms with Crippen LogP contribution in [0.2, 0.25) is 5.02 Å². The van der Waals surface area contributed by atoms with Crippen molar-refractivity contribution < 1.29 is 9.53 Å². The largest absolute Gasteiger partial charge is 0.372 e. The molecule has 6 heteroatoms. The minimum atomic E-state index is -0.224. The maximum Gasteiger partial charge on any atom is 0.252 e. The maximum absolute atomic E-state index is 11.6. The van der Waals surface area contributed by atoms with Gasteiger partial charge in [-0.05, 0) is 18.6 Å². The zero-order valence-corrected chi connectivity index (χ0v) is 11.9. The van der Waals surface area contributed by atoms with Gasteiger partial charge in [-0.3, -0.25) is 10.1 Å². The molecule has 1 amide bonds. The summed E-state index contributed by atoms with van der Waals surface area (Å²) < 4.78 is 6.88. The first-order chi connectivity index (χ1) is 9.70. The second-order valence-electron chi connectivity index (χ2n) is 4.16. The molecule has 0 radical (unpaired) electrons. The molecule has 0 aliphatic heterocycles. The Bertz CT molecular complexity index is 583.